The largest absolute Gasteiger partial charge is 0.384 e. The summed E-state index contributed by atoms with van der Waals surface area (Å²) in [7, 11) is 0. The van der Waals surface area contributed by atoms with E-state index < -0.39 is 0 Å². The van der Waals surface area contributed by atoms with Crippen LogP contribution < -0.4 is 0 Å². The van der Waals surface area contributed by atoms with E-state index in [2.05, 4.69) is 47.5 Å². The average Bonchev–Trinajstić information content (AvgIpc) is 2.50. The number of unbranched alkanes of at least 4 members (excludes halogenated alkanes) is 3. The molecule has 0 saturated carbocycles. The summed E-state index contributed by atoms with van der Waals surface area (Å²) in [6.45, 7) is 26.7. The van der Waals surface area contributed by atoms with Gasteiger partial charge in [-0.3, -0.25) is 24.0 Å². The first kappa shape index (κ1) is 43.6. The molecule has 0 aliphatic rings. The van der Waals surface area contributed by atoms with Gasteiger partial charge in [0.15, 0.2) is 0 Å². The van der Waals surface area contributed by atoms with Crippen molar-refractivity contribution < 1.29 is 46.4 Å². The number of rotatable bonds is 4. The Balaban J connectivity index is -0.0000000189. The van der Waals surface area contributed by atoms with Gasteiger partial charge in [-0.15, -0.1) is 0 Å². The van der Waals surface area contributed by atoms with Gasteiger partial charge in [0.25, 0.3) is 33.9 Å². The Bertz CT molecular complexity index is 72.3. The fourth-order valence-electron chi connectivity index (χ4n) is 0.454. The van der Waals surface area contributed by atoms with Gasteiger partial charge in [-0.1, -0.05) is 26.2 Å². The van der Waals surface area contributed by atoms with Gasteiger partial charge in [0, 0.05) is 17.4 Å². The van der Waals surface area contributed by atoms with Crippen molar-refractivity contribution in [3.63, 3.8) is 0 Å². The van der Waals surface area contributed by atoms with E-state index in [0.29, 0.717) is 0 Å². The molecule has 18 heavy (non-hydrogen) atoms. The zero-order chi connectivity index (χ0) is 15.5. The summed E-state index contributed by atoms with van der Waals surface area (Å²) < 4.78 is 0. The molecule has 7 heteroatoms. The molecule has 0 aromatic carbocycles. The molecule has 0 aliphatic heterocycles. The Kier molecular flexibility index (Phi) is 573. The number of hydrogen-bond donors (Lipinski definition) is 1. The molecule has 0 rings (SSSR count). The molecule has 0 fully saturated rings. The van der Waals surface area contributed by atoms with Crippen LogP contribution in [0, 0.1) is 6.61 Å². The molecule has 0 atom stereocenters. The molecule has 0 bridgehead atoms. The summed E-state index contributed by atoms with van der Waals surface area (Å²) in [5.41, 5.74) is 0. The summed E-state index contributed by atoms with van der Waals surface area (Å²) >= 11 is 0. The molecule has 0 saturated heterocycles. The van der Waals surface area contributed by atoms with E-state index in [0.717, 1.165) is 12.8 Å². The van der Waals surface area contributed by atoms with E-state index in [4.69, 9.17) is 29.1 Å². The Hall–Kier alpha value is -1.16. The summed E-state index contributed by atoms with van der Waals surface area (Å²) in [4.78, 5) is 37.5. The first-order valence-electron chi connectivity index (χ1n) is 3.80. The number of carbonyl (C=O) groups excluding carboxylic acids is 5. The van der Waals surface area contributed by atoms with Gasteiger partial charge in [0.2, 0.25) is 0 Å². The molecular weight excluding hydrogens is 280 g/mol. The van der Waals surface area contributed by atoms with Gasteiger partial charge in [-0.05, 0) is 6.42 Å². The minimum absolute atomic E-state index is 0. The first-order chi connectivity index (χ1) is 8.41. The Morgan fingerprint density at radius 3 is 1.22 bits per heavy atom. The molecule has 0 aliphatic carbocycles. The topological polar surface area (TPSA) is 106 Å². The second-order valence-corrected chi connectivity index (χ2v) is 1.62. The Morgan fingerprint density at radius 2 is 1.06 bits per heavy atom. The van der Waals surface area contributed by atoms with Crippen molar-refractivity contribution in [3.8, 4) is 0 Å². The van der Waals surface area contributed by atoms with Gasteiger partial charge < -0.3 is 5.11 Å². The standard InChI is InChI=1S/C6H12O.5CO.Cr/c1-2-3-4-5-6-7;5*1-2;/h7H,2-5H2,1H3;;;;;;. The van der Waals surface area contributed by atoms with Crippen molar-refractivity contribution in [1.82, 2.24) is 0 Å². The van der Waals surface area contributed by atoms with Gasteiger partial charge in [-0.25, -0.2) is 0 Å². The third-order valence-electron chi connectivity index (χ3n) is 0.892. The average molecular weight is 292 g/mol. The second kappa shape index (κ2) is 236. The minimum atomic E-state index is 0. The molecule has 1 N–H and O–H groups in total. The van der Waals surface area contributed by atoms with Crippen molar-refractivity contribution in [2.24, 2.45) is 0 Å². The van der Waals surface area contributed by atoms with E-state index in [1.807, 2.05) is 0 Å². The van der Waals surface area contributed by atoms with E-state index in [1.165, 1.54) is 12.8 Å². The summed E-state index contributed by atoms with van der Waals surface area (Å²) in [6, 6.07) is 0. The van der Waals surface area contributed by atoms with E-state index in [9.17, 15) is 0 Å². The van der Waals surface area contributed by atoms with Crippen LogP contribution in [0.4, 0.5) is 0 Å². The molecule has 0 amide bonds. The smallest absolute Gasteiger partial charge is 0.281 e. The van der Waals surface area contributed by atoms with Crippen LogP contribution in [0.5, 0.6) is 0 Å². The van der Waals surface area contributed by atoms with Crippen LogP contribution in [0.1, 0.15) is 32.6 Å². The van der Waals surface area contributed by atoms with Gasteiger partial charge >= 0.3 is 0 Å². The Labute approximate surface area is 120 Å². The van der Waals surface area contributed by atoms with Crippen LogP contribution in [0.15, 0.2) is 0 Å². The summed E-state index contributed by atoms with van der Waals surface area (Å²) in [6.07, 6.45) is 4.22. The third kappa shape index (κ3) is 352. The predicted octanol–water partition coefficient (Wildman–Crippen LogP) is -0.0100. The van der Waals surface area contributed by atoms with Crippen molar-refractivity contribution in [2.45, 2.75) is 32.6 Å². The van der Waals surface area contributed by atoms with Crippen molar-refractivity contribution in [2.75, 3.05) is 0 Å². The molecule has 0 aromatic heterocycles. The fourth-order valence-corrected chi connectivity index (χ4v) is 0.454. The minimum Gasteiger partial charge on any atom is -0.384 e. The van der Waals surface area contributed by atoms with Crippen molar-refractivity contribution in [1.29, 1.82) is 0 Å². The number of aliphatic hydroxyl groups is 1. The van der Waals surface area contributed by atoms with E-state index in [-0.39, 0.29) is 17.4 Å². The number of hydrogen-bond acceptors (Lipinski definition) is 6. The van der Waals surface area contributed by atoms with Crippen molar-refractivity contribution in [3.05, 3.63) is 6.61 Å². The molecule has 0 heterocycles. The second-order valence-electron chi connectivity index (χ2n) is 1.62. The summed E-state index contributed by atoms with van der Waals surface area (Å²) in [5.74, 6) is 0. The predicted molar refractivity (Wildman–Crippen MR) is 57.8 cm³/mol. The van der Waals surface area contributed by atoms with Gasteiger partial charge in [0.1, 0.15) is 6.61 Å². The molecule has 0 spiro atoms. The van der Waals surface area contributed by atoms with E-state index >= 15 is 0 Å². The maximum atomic E-state index is 8.04. The zero-order valence-corrected chi connectivity index (χ0v) is 11.0. The maximum absolute atomic E-state index is 8.04. The Morgan fingerprint density at radius 1 is 0.778 bits per heavy atom. The van der Waals surface area contributed by atoms with Gasteiger partial charge in [-0.2, -0.15) is 0 Å². The molecule has 6 nitrogen and oxygen atoms in total. The fraction of sp³-hybridized carbons (Fsp3) is 0.455. The van der Waals surface area contributed by atoms with Crippen LogP contribution >= 0.6 is 0 Å². The molecular formula is C11H12CrO6. The molecule has 12 radical (unpaired) electrons. The summed E-state index contributed by atoms with van der Waals surface area (Å²) in [5, 5.41) is 8.04. The monoisotopic (exact) mass is 292 g/mol. The van der Waals surface area contributed by atoms with Crippen LogP contribution in [0.25, 0.3) is 0 Å². The van der Waals surface area contributed by atoms with Gasteiger partial charge in [0.05, 0.1) is 0 Å². The number of aliphatic hydroxyl groups excluding tert-OH is 1. The normalized spacial score (nSPS) is 4.78. The van der Waals surface area contributed by atoms with Crippen LogP contribution in [0.2, 0.25) is 0 Å². The van der Waals surface area contributed by atoms with Crippen LogP contribution in [-0.2, 0) is 41.3 Å². The van der Waals surface area contributed by atoms with Crippen LogP contribution in [-0.4, -0.2) is 39.1 Å². The quantitative estimate of drug-likeness (QED) is 0.730. The third-order valence-corrected chi connectivity index (χ3v) is 0.892. The first-order valence-corrected chi connectivity index (χ1v) is 3.80. The molecule has 98 valence electrons. The molecule has 0 aromatic rings. The SMILES string of the molecule is CCCCC[C]O.[C]=O.[C]=O.[C]=O.[C]=O.[C]=O.[Cr]. The molecule has 0 unspecified atom stereocenters. The van der Waals surface area contributed by atoms with Crippen LogP contribution in [0.3, 0.4) is 0 Å². The maximum Gasteiger partial charge on any atom is 0.281 e. The van der Waals surface area contributed by atoms with E-state index in [1.54, 1.807) is 0 Å². The zero-order valence-electron chi connectivity index (χ0n) is 9.73. The van der Waals surface area contributed by atoms with Crippen molar-refractivity contribution >= 4 is 33.9 Å².